The van der Waals surface area contributed by atoms with Crippen molar-refractivity contribution in [3.8, 4) is 11.1 Å². The Bertz CT molecular complexity index is 890. The zero-order valence-corrected chi connectivity index (χ0v) is 17.2. The van der Waals surface area contributed by atoms with Gasteiger partial charge in [-0.15, -0.1) is 12.6 Å². The number of aromatic nitrogens is 2. The van der Waals surface area contributed by atoms with Crippen LogP contribution in [-0.4, -0.2) is 35.5 Å². The van der Waals surface area contributed by atoms with E-state index >= 15 is 0 Å². The van der Waals surface area contributed by atoms with Gasteiger partial charge in [-0.05, 0) is 67.8 Å². The van der Waals surface area contributed by atoms with E-state index in [-0.39, 0.29) is 5.82 Å². The van der Waals surface area contributed by atoms with Crippen molar-refractivity contribution in [2.24, 2.45) is 5.92 Å². The highest BCUT2D eigenvalue weighted by atomic mass is 32.1. The van der Waals surface area contributed by atoms with Crippen molar-refractivity contribution in [1.82, 2.24) is 15.5 Å². The summed E-state index contributed by atoms with van der Waals surface area (Å²) in [5.41, 5.74) is 4.05. The van der Waals surface area contributed by atoms with E-state index in [1.165, 1.54) is 24.8 Å². The first-order valence-corrected chi connectivity index (χ1v) is 10.1. The fraction of sp³-hybridized carbons (Fsp3) is 0.273. The summed E-state index contributed by atoms with van der Waals surface area (Å²) in [5.74, 6) is 0.440. The fourth-order valence-corrected chi connectivity index (χ4v) is 3.47. The number of nitrogens with zero attached hydrogens (tertiary/aromatic N) is 1. The van der Waals surface area contributed by atoms with E-state index in [9.17, 15) is 4.39 Å². The van der Waals surface area contributed by atoms with Gasteiger partial charge in [-0.25, -0.2) is 4.39 Å². The predicted molar refractivity (Wildman–Crippen MR) is 120 cm³/mol. The van der Waals surface area contributed by atoms with Crippen LogP contribution in [0.1, 0.15) is 18.9 Å². The summed E-state index contributed by atoms with van der Waals surface area (Å²) in [6.45, 7) is 4.24. The number of anilines is 1. The molecule has 0 bridgehead atoms. The molecule has 7 heteroatoms. The van der Waals surface area contributed by atoms with Crippen LogP contribution >= 0.6 is 12.6 Å². The second kappa shape index (κ2) is 10.2. The number of H-pyrrole nitrogens is 1. The maximum atomic E-state index is 12.1. The molecule has 1 saturated heterocycles. The fourth-order valence-electron chi connectivity index (χ4n) is 3.32. The van der Waals surface area contributed by atoms with Crippen LogP contribution in [-0.2, 0) is 0 Å². The molecule has 0 amide bonds. The molecule has 0 aliphatic carbocycles. The van der Waals surface area contributed by atoms with Crippen molar-refractivity contribution < 1.29 is 4.39 Å². The van der Waals surface area contributed by atoms with Crippen molar-refractivity contribution in [3.05, 3.63) is 66.2 Å². The third kappa shape index (κ3) is 6.17. The van der Waals surface area contributed by atoms with Crippen molar-refractivity contribution in [3.63, 3.8) is 0 Å². The van der Waals surface area contributed by atoms with E-state index in [4.69, 9.17) is 5.41 Å². The Labute approximate surface area is 176 Å². The molecule has 1 unspecified atom stereocenters. The Morgan fingerprint density at radius 2 is 2.03 bits per heavy atom. The number of rotatable bonds is 5. The number of hydrogen-bond acceptors (Lipinski definition) is 5. The lowest BCUT2D eigenvalue weighted by Gasteiger charge is -2.14. The average Bonchev–Trinajstić information content (AvgIpc) is 3.41. The standard InChI is InChI=1S/C16H21N5.C6H5FS/c1-11-4-12(7-18-11)8-19-16-3-2-13(5-14(16)6-17)15-9-20-21-10-15;7-5-1-3-6(8)4-2-5/h2-3,5-6,9-12,17-19H,4,7-8H2,1H3,(H,20,21);1-4,8H/t11-,12?;/m0./s1. The zero-order valence-electron chi connectivity index (χ0n) is 16.3. The number of halogens is 1. The first-order chi connectivity index (χ1) is 14.0. The van der Waals surface area contributed by atoms with Crippen LogP contribution in [0.4, 0.5) is 10.1 Å². The summed E-state index contributed by atoms with van der Waals surface area (Å²) in [7, 11) is 0. The first-order valence-electron chi connectivity index (χ1n) is 9.60. The number of aromatic amines is 1. The largest absolute Gasteiger partial charge is 0.384 e. The van der Waals surface area contributed by atoms with Gasteiger partial charge in [-0.2, -0.15) is 5.10 Å². The first kappa shape index (κ1) is 21.1. The van der Waals surface area contributed by atoms with Gasteiger partial charge in [-0.1, -0.05) is 6.07 Å². The molecule has 0 spiro atoms. The Kier molecular flexibility index (Phi) is 7.43. The summed E-state index contributed by atoms with van der Waals surface area (Å²) in [5, 5.41) is 21.4. The molecule has 1 aliphatic heterocycles. The van der Waals surface area contributed by atoms with E-state index in [1.54, 1.807) is 18.3 Å². The molecule has 2 aromatic carbocycles. The predicted octanol–water partition coefficient (Wildman–Crippen LogP) is 4.60. The normalized spacial score (nSPS) is 18.0. The molecule has 3 aromatic rings. The third-order valence-electron chi connectivity index (χ3n) is 4.89. The molecule has 2 atom stereocenters. The molecule has 0 radical (unpaired) electrons. The second-order valence-electron chi connectivity index (χ2n) is 7.20. The summed E-state index contributed by atoms with van der Waals surface area (Å²) < 4.78 is 12.1. The second-order valence-corrected chi connectivity index (χ2v) is 7.72. The van der Waals surface area contributed by atoms with E-state index in [2.05, 4.69) is 52.5 Å². The highest BCUT2D eigenvalue weighted by molar-refractivity contribution is 7.80. The lowest BCUT2D eigenvalue weighted by molar-refractivity contribution is 0.596. The van der Waals surface area contributed by atoms with Gasteiger partial charge in [0.05, 0.1) is 6.20 Å². The highest BCUT2D eigenvalue weighted by Gasteiger charge is 2.20. The Morgan fingerprint density at radius 3 is 2.62 bits per heavy atom. The van der Waals surface area contributed by atoms with Crippen LogP contribution in [0.5, 0.6) is 0 Å². The van der Waals surface area contributed by atoms with Crippen LogP contribution in [0.25, 0.3) is 11.1 Å². The number of thiol groups is 1. The van der Waals surface area contributed by atoms with E-state index in [0.717, 1.165) is 40.4 Å². The maximum Gasteiger partial charge on any atom is 0.123 e. The summed E-state index contributed by atoms with van der Waals surface area (Å²) in [4.78, 5) is 0.784. The lowest BCUT2D eigenvalue weighted by Crippen LogP contribution is -2.19. The maximum absolute atomic E-state index is 12.1. The Morgan fingerprint density at radius 1 is 1.24 bits per heavy atom. The van der Waals surface area contributed by atoms with E-state index in [0.29, 0.717) is 12.0 Å². The zero-order chi connectivity index (χ0) is 20.6. The number of nitrogens with one attached hydrogen (secondary N) is 4. The third-order valence-corrected chi connectivity index (χ3v) is 5.19. The van der Waals surface area contributed by atoms with Crippen LogP contribution in [0, 0.1) is 17.1 Å². The highest BCUT2D eigenvalue weighted by Crippen LogP contribution is 2.24. The molecule has 4 rings (SSSR count). The van der Waals surface area contributed by atoms with Gasteiger partial charge in [0.15, 0.2) is 0 Å². The summed E-state index contributed by atoms with van der Waals surface area (Å²) in [6.07, 6.45) is 6.27. The van der Waals surface area contributed by atoms with Crippen LogP contribution in [0.3, 0.4) is 0 Å². The molecule has 152 valence electrons. The van der Waals surface area contributed by atoms with Gasteiger partial charge in [0.1, 0.15) is 5.82 Å². The molecule has 1 aromatic heterocycles. The van der Waals surface area contributed by atoms with E-state index < -0.39 is 0 Å². The molecule has 5 nitrogen and oxygen atoms in total. The molecule has 0 saturated carbocycles. The van der Waals surface area contributed by atoms with Gasteiger partial charge < -0.3 is 16.0 Å². The topological polar surface area (TPSA) is 76.6 Å². The minimum Gasteiger partial charge on any atom is -0.384 e. The Hall–Kier alpha value is -2.64. The quantitative estimate of drug-likeness (QED) is 0.315. The molecule has 29 heavy (non-hydrogen) atoms. The van der Waals surface area contributed by atoms with Crippen molar-refractivity contribution in [2.75, 3.05) is 18.4 Å². The van der Waals surface area contributed by atoms with Crippen molar-refractivity contribution >= 4 is 24.5 Å². The minimum atomic E-state index is -0.220. The molecule has 4 N–H and O–H groups in total. The lowest BCUT2D eigenvalue weighted by atomic mass is 10.0. The van der Waals surface area contributed by atoms with Gasteiger partial charge in [-0.3, -0.25) is 5.10 Å². The molecular formula is C22H26FN5S. The Balaban J connectivity index is 0.000000252. The number of hydrogen-bond donors (Lipinski definition) is 5. The molecule has 2 heterocycles. The summed E-state index contributed by atoms with van der Waals surface area (Å²) in [6, 6.07) is 12.7. The molecular weight excluding hydrogens is 385 g/mol. The van der Waals surface area contributed by atoms with Crippen LogP contribution in [0.2, 0.25) is 0 Å². The van der Waals surface area contributed by atoms with Gasteiger partial charge in [0.25, 0.3) is 0 Å². The van der Waals surface area contributed by atoms with Gasteiger partial charge in [0.2, 0.25) is 0 Å². The van der Waals surface area contributed by atoms with E-state index in [1.807, 2.05) is 12.3 Å². The average molecular weight is 412 g/mol. The SMILES string of the molecule is C[C@H]1CC(CNc2ccc(-c3cn[nH]c3)cc2C=N)CN1.Fc1ccc(S)cc1. The summed E-state index contributed by atoms with van der Waals surface area (Å²) >= 11 is 3.97. The smallest absolute Gasteiger partial charge is 0.123 e. The van der Waals surface area contributed by atoms with Crippen LogP contribution in [0.15, 0.2) is 59.8 Å². The van der Waals surface area contributed by atoms with Crippen LogP contribution < -0.4 is 10.6 Å². The molecule has 1 fully saturated rings. The van der Waals surface area contributed by atoms with Crippen molar-refractivity contribution in [2.45, 2.75) is 24.3 Å². The number of benzene rings is 2. The minimum absolute atomic E-state index is 0.220. The van der Waals surface area contributed by atoms with Gasteiger partial charge >= 0.3 is 0 Å². The molecule has 1 aliphatic rings. The van der Waals surface area contributed by atoms with Crippen molar-refractivity contribution in [1.29, 1.82) is 5.41 Å². The van der Waals surface area contributed by atoms with Gasteiger partial charge in [0, 0.05) is 46.7 Å². The monoisotopic (exact) mass is 411 g/mol.